The molecule has 2 N–H and O–H groups in total. The maximum atomic E-state index is 6.38. The first-order chi connectivity index (χ1) is 8.90. The largest absolute Gasteiger partial charge is 0.319 e. The van der Waals surface area contributed by atoms with Crippen LogP contribution in [0.4, 0.5) is 0 Å². The molecule has 1 aromatic carbocycles. The molecular weight excluding hydrogens is 368 g/mol. The van der Waals surface area contributed by atoms with Crippen LogP contribution < -0.4 is 5.73 Å². The van der Waals surface area contributed by atoms with Crippen molar-refractivity contribution in [2.45, 2.75) is 26.8 Å². The smallest absolute Gasteiger partial charge is 0.0759 e. The van der Waals surface area contributed by atoms with E-state index in [1.165, 1.54) is 16.7 Å². The van der Waals surface area contributed by atoms with Gasteiger partial charge < -0.3 is 5.73 Å². The summed E-state index contributed by atoms with van der Waals surface area (Å²) in [6.07, 6.45) is 1.77. The molecular formula is C15H16Br2N2. The van der Waals surface area contributed by atoms with E-state index >= 15 is 0 Å². The number of rotatable bonds is 2. The number of nitrogens with zero attached hydrogens (tertiary/aromatic N) is 1. The van der Waals surface area contributed by atoms with Crippen molar-refractivity contribution in [2.75, 3.05) is 0 Å². The van der Waals surface area contributed by atoms with Crippen LogP contribution in [0.5, 0.6) is 0 Å². The SMILES string of the molecule is Cc1cc(C)c(C(N)c2ncc(Br)cc2Br)cc1C. The summed E-state index contributed by atoms with van der Waals surface area (Å²) in [5.74, 6) is 0. The van der Waals surface area contributed by atoms with Crippen molar-refractivity contribution in [2.24, 2.45) is 5.73 Å². The summed E-state index contributed by atoms with van der Waals surface area (Å²) in [7, 11) is 0. The monoisotopic (exact) mass is 382 g/mol. The molecule has 2 nitrogen and oxygen atoms in total. The molecule has 0 spiro atoms. The highest BCUT2D eigenvalue weighted by Crippen LogP contribution is 2.30. The maximum absolute atomic E-state index is 6.38. The standard InChI is InChI=1S/C15H16Br2N2/c1-8-4-10(3)12(5-9(8)2)14(18)15-13(17)6-11(16)7-19-15/h4-7,14H,18H2,1-3H3. The van der Waals surface area contributed by atoms with E-state index in [1.807, 2.05) is 6.07 Å². The van der Waals surface area contributed by atoms with Crippen molar-refractivity contribution in [3.05, 3.63) is 61.3 Å². The van der Waals surface area contributed by atoms with E-state index in [9.17, 15) is 0 Å². The zero-order valence-corrected chi connectivity index (χ0v) is 14.3. The second-order valence-electron chi connectivity index (χ2n) is 4.79. The molecule has 19 heavy (non-hydrogen) atoms. The molecule has 1 aromatic heterocycles. The summed E-state index contributed by atoms with van der Waals surface area (Å²) in [6, 6.07) is 6.09. The molecule has 0 aliphatic rings. The molecule has 100 valence electrons. The highest BCUT2D eigenvalue weighted by atomic mass is 79.9. The molecule has 0 saturated heterocycles. The van der Waals surface area contributed by atoms with Gasteiger partial charge in [-0.15, -0.1) is 0 Å². The zero-order valence-electron chi connectivity index (χ0n) is 11.2. The minimum atomic E-state index is -0.221. The highest BCUT2D eigenvalue weighted by molar-refractivity contribution is 9.11. The number of halogens is 2. The van der Waals surface area contributed by atoms with Gasteiger partial charge in [0, 0.05) is 15.1 Å². The van der Waals surface area contributed by atoms with Gasteiger partial charge in [-0.05, 0) is 81.0 Å². The predicted octanol–water partition coefficient (Wildman–Crippen LogP) is 4.58. The Labute approximate surface area is 130 Å². The van der Waals surface area contributed by atoms with Gasteiger partial charge in [0.1, 0.15) is 0 Å². The van der Waals surface area contributed by atoms with Crippen LogP contribution in [0, 0.1) is 20.8 Å². The van der Waals surface area contributed by atoms with E-state index in [4.69, 9.17) is 5.73 Å². The van der Waals surface area contributed by atoms with Crippen LogP contribution in [0.15, 0.2) is 33.3 Å². The van der Waals surface area contributed by atoms with E-state index in [0.29, 0.717) is 0 Å². The lowest BCUT2D eigenvalue weighted by molar-refractivity contribution is 0.811. The molecule has 2 rings (SSSR count). The van der Waals surface area contributed by atoms with Gasteiger partial charge in [-0.3, -0.25) is 4.98 Å². The molecule has 1 heterocycles. The van der Waals surface area contributed by atoms with Crippen molar-refractivity contribution in [1.82, 2.24) is 4.98 Å². The van der Waals surface area contributed by atoms with Crippen LogP contribution in [-0.2, 0) is 0 Å². The van der Waals surface area contributed by atoms with Gasteiger partial charge in [0.05, 0.1) is 11.7 Å². The van der Waals surface area contributed by atoms with Gasteiger partial charge in [0.2, 0.25) is 0 Å². The fourth-order valence-corrected chi connectivity index (χ4v) is 3.35. The number of pyridine rings is 1. The summed E-state index contributed by atoms with van der Waals surface area (Å²) in [5, 5.41) is 0. The van der Waals surface area contributed by atoms with E-state index in [0.717, 1.165) is 20.2 Å². The number of aromatic nitrogens is 1. The van der Waals surface area contributed by atoms with Gasteiger partial charge in [-0.25, -0.2) is 0 Å². The average molecular weight is 384 g/mol. The Bertz CT molecular complexity index is 624. The molecule has 0 saturated carbocycles. The van der Waals surface area contributed by atoms with Crippen molar-refractivity contribution >= 4 is 31.9 Å². The molecule has 0 bridgehead atoms. The second kappa shape index (κ2) is 5.73. The van der Waals surface area contributed by atoms with Crippen LogP contribution in [0.3, 0.4) is 0 Å². The number of aryl methyl sites for hydroxylation is 3. The van der Waals surface area contributed by atoms with Crippen LogP contribution in [0.25, 0.3) is 0 Å². The fourth-order valence-electron chi connectivity index (χ4n) is 2.12. The summed E-state index contributed by atoms with van der Waals surface area (Å²) in [5.41, 5.74) is 12.1. The topological polar surface area (TPSA) is 38.9 Å². The highest BCUT2D eigenvalue weighted by Gasteiger charge is 2.17. The predicted molar refractivity (Wildman–Crippen MR) is 86.3 cm³/mol. The molecule has 0 fully saturated rings. The Morgan fingerprint density at radius 1 is 1.00 bits per heavy atom. The average Bonchev–Trinajstić information content (AvgIpc) is 2.33. The molecule has 1 atom stereocenters. The summed E-state index contributed by atoms with van der Waals surface area (Å²) in [6.45, 7) is 6.31. The first kappa shape index (κ1) is 14.7. The van der Waals surface area contributed by atoms with Crippen LogP contribution in [-0.4, -0.2) is 4.98 Å². The molecule has 1 unspecified atom stereocenters. The lowest BCUT2D eigenvalue weighted by Gasteiger charge is -2.17. The Morgan fingerprint density at radius 2 is 1.63 bits per heavy atom. The van der Waals surface area contributed by atoms with Crippen LogP contribution in [0.1, 0.15) is 34.0 Å². The molecule has 0 aliphatic carbocycles. The van der Waals surface area contributed by atoms with E-state index in [-0.39, 0.29) is 6.04 Å². The molecule has 0 amide bonds. The van der Waals surface area contributed by atoms with Crippen molar-refractivity contribution in [1.29, 1.82) is 0 Å². The number of hydrogen-bond acceptors (Lipinski definition) is 2. The van der Waals surface area contributed by atoms with Crippen molar-refractivity contribution in [3.63, 3.8) is 0 Å². The number of benzene rings is 1. The quantitative estimate of drug-likeness (QED) is 0.824. The van der Waals surface area contributed by atoms with Gasteiger partial charge >= 0.3 is 0 Å². The van der Waals surface area contributed by atoms with E-state index in [2.05, 4.69) is 69.7 Å². The molecule has 4 heteroatoms. The third-order valence-corrected chi connectivity index (χ3v) is 4.42. The number of nitrogens with two attached hydrogens (primary N) is 1. The Morgan fingerprint density at radius 3 is 2.26 bits per heavy atom. The molecule has 2 aromatic rings. The van der Waals surface area contributed by atoms with Gasteiger partial charge in [0.25, 0.3) is 0 Å². The van der Waals surface area contributed by atoms with Gasteiger partial charge in [-0.2, -0.15) is 0 Å². The minimum absolute atomic E-state index is 0.221. The minimum Gasteiger partial charge on any atom is -0.319 e. The Kier molecular flexibility index (Phi) is 4.43. The van der Waals surface area contributed by atoms with E-state index in [1.54, 1.807) is 6.20 Å². The lowest BCUT2D eigenvalue weighted by Crippen LogP contribution is -2.16. The third kappa shape index (κ3) is 3.07. The Hall–Kier alpha value is -0.710. The van der Waals surface area contributed by atoms with Crippen LogP contribution in [0.2, 0.25) is 0 Å². The molecule has 0 radical (unpaired) electrons. The first-order valence-electron chi connectivity index (χ1n) is 6.04. The van der Waals surface area contributed by atoms with Gasteiger partial charge in [-0.1, -0.05) is 12.1 Å². The molecule has 0 aliphatic heterocycles. The summed E-state index contributed by atoms with van der Waals surface area (Å²) >= 11 is 6.93. The lowest BCUT2D eigenvalue weighted by atomic mass is 9.94. The fraction of sp³-hybridized carbons (Fsp3) is 0.267. The summed E-state index contributed by atoms with van der Waals surface area (Å²) in [4.78, 5) is 4.43. The van der Waals surface area contributed by atoms with E-state index < -0.39 is 0 Å². The Balaban J connectivity index is 2.49. The number of hydrogen-bond donors (Lipinski definition) is 1. The van der Waals surface area contributed by atoms with Gasteiger partial charge in [0.15, 0.2) is 0 Å². The normalized spacial score (nSPS) is 12.5. The van der Waals surface area contributed by atoms with Crippen molar-refractivity contribution < 1.29 is 0 Å². The summed E-state index contributed by atoms with van der Waals surface area (Å²) < 4.78 is 1.86. The van der Waals surface area contributed by atoms with Crippen LogP contribution >= 0.6 is 31.9 Å². The zero-order chi connectivity index (χ0) is 14.2. The first-order valence-corrected chi connectivity index (χ1v) is 7.63. The van der Waals surface area contributed by atoms with Crippen molar-refractivity contribution in [3.8, 4) is 0 Å². The second-order valence-corrected chi connectivity index (χ2v) is 6.56. The maximum Gasteiger partial charge on any atom is 0.0759 e. The third-order valence-electron chi connectivity index (χ3n) is 3.35.